The smallest absolute Gasteiger partial charge is 0.157 e. The van der Waals surface area contributed by atoms with Crippen molar-refractivity contribution in [1.29, 1.82) is 0 Å². The first-order valence-electron chi connectivity index (χ1n) is 6.00. The van der Waals surface area contributed by atoms with Gasteiger partial charge in [-0.05, 0) is 26.3 Å². The quantitative estimate of drug-likeness (QED) is 0.791. The zero-order chi connectivity index (χ0) is 11.8. The lowest BCUT2D eigenvalue weighted by atomic mass is 10.0. The number of hydrogen-bond donors (Lipinski definition) is 1. The van der Waals surface area contributed by atoms with Crippen molar-refractivity contribution < 1.29 is 0 Å². The molecule has 0 amide bonds. The van der Waals surface area contributed by atoms with Gasteiger partial charge in [0.1, 0.15) is 5.15 Å². The summed E-state index contributed by atoms with van der Waals surface area (Å²) in [4.78, 5) is 4.33. The van der Waals surface area contributed by atoms with Gasteiger partial charge in [0.2, 0.25) is 0 Å². The molecule has 90 valence electrons. The Bertz CT molecular complexity index is 504. The van der Waals surface area contributed by atoms with Gasteiger partial charge in [-0.15, -0.1) is 0 Å². The van der Waals surface area contributed by atoms with Crippen molar-refractivity contribution in [3.8, 4) is 0 Å². The molecule has 2 aromatic rings. The molecule has 0 aliphatic carbocycles. The first-order valence-corrected chi connectivity index (χ1v) is 6.37. The standard InChI is InChI=1S/C12H15ClN4/c1-8-7-17-11(15-12(8)13)6-10(16-17)9-4-2-3-5-14-9/h6-7,9,14H,2-5H2,1H3/t9-/m0/s1. The molecule has 4 nitrogen and oxygen atoms in total. The SMILES string of the molecule is Cc1cn2nc([C@@H]3CCCCN3)cc2nc1Cl. The summed E-state index contributed by atoms with van der Waals surface area (Å²) in [6.07, 6.45) is 5.60. The molecule has 0 spiro atoms. The second-order valence-electron chi connectivity index (χ2n) is 4.59. The number of rotatable bonds is 1. The van der Waals surface area contributed by atoms with Crippen LogP contribution in [0.1, 0.15) is 36.6 Å². The van der Waals surface area contributed by atoms with E-state index in [1.807, 2.05) is 23.7 Å². The molecule has 1 N–H and O–H groups in total. The molecule has 0 radical (unpaired) electrons. The van der Waals surface area contributed by atoms with Gasteiger partial charge in [-0.2, -0.15) is 5.10 Å². The van der Waals surface area contributed by atoms with E-state index >= 15 is 0 Å². The summed E-state index contributed by atoms with van der Waals surface area (Å²) >= 11 is 6.01. The fraction of sp³-hybridized carbons (Fsp3) is 0.500. The van der Waals surface area contributed by atoms with Crippen LogP contribution in [0.2, 0.25) is 5.15 Å². The third kappa shape index (κ3) is 2.03. The Labute approximate surface area is 105 Å². The lowest BCUT2D eigenvalue weighted by Gasteiger charge is -2.21. The van der Waals surface area contributed by atoms with Gasteiger partial charge < -0.3 is 5.32 Å². The molecule has 1 aliphatic heterocycles. The molecule has 1 saturated heterocycles. The largest absolute Gasteiger partial charge is 0.309 e. The molecule has 1 fully saturated rings. The zero-order valence-electron chi connectivity index (χ0n) is 9.78. The van der Waals surface area contributed by atoms with E-state index in [0.717, 1.165) is 29.9 Å². The topological polar surface area (TPSA) is 42.2 Å². The van der Waals surface area contributed by atoms with Crippen LogP contribution >= 0.6 is 11.6 Å². The van der Waals surface area contributed by atoms with E-state index in [0.29, 0.717) is 11.2 Å². The minimum atomic E-state index is 0.365. The number of aromatic nitrogens is 3. The maximum atomic E-state index is 6.01. The van der Waals surface area contributed by atoms with Gasteiger partial charge in [-0.1, -0.05) is 18.0 Å². The zero-order valence-corrected chi connectivity index (χ0v) is 10.5. The fourth-order valence-electron chi connectivity index (χ4n) is 2.28. The van der Waals surface area contributed by atoms with Crippen LogP contribution in [0, 0.1) is 6.92 Å². The van der Waals surface area contributed by atoms with Crippen molar-refractivity contribution in [3.05, 3.63) is 28.7 Å². The van der Waals surface area contributed by atoms with Crippen LogP contribution in [0.15, 0.2) is 12.3 Å². The van der Waals surface area contributed by atoms with Crippen LogP contribution in [0.5, 0.6) is 0 Å². The number of hydrogen-bond acceptors (Lipinski definition) is 3. The normalized spacial score (nSPS) is 20.9. The van der Waals surface area contributed by atoms with E-state index in [9.17, 15) is 0 Å². The second-order valence-corrected chi connectivity index (χ2v) is 4.95. The molecule has 0 unspecified atom stereocenters. The average Bonchev–Trinajstić information content (AvgIpc) is 2.74. The van der Waals surface area contributed by atoms with E-state index in [-0.39, 0.29) is 0 Å². The Kier molecular flexibility index (Phi) is 2.76. The molecule has 5 heteroatoms. The molecular formula is C12H15ClN4. The minimum Gasteiger partial charge on any atom is -0.309 e. The van der Waals surface area contributed by atoms with Crippen LogP contribution < -0.4 is 5.32 Å². The molecule has 0 aromatic carbocycles. The van der Waals surface area contributed by atoms with Crippen LogP contribution in [-0.2, 0) is 0 Å². The Hall–Kier alpha value is -1.13. The Morgan fingerprint density at radius 1 is 1.47 bits per heavy atom. The van der Waals surface area contributed by atoms with Gasteiger partial charge in [0.25, 0.3) is 0 Å². The lowest BCUT2D eigenvalue weighted by molar-refractivity contribution is 0.404. The van der Waals surface area contributed by atoms with Gasteiger partial charge in [0.15, 0.2) is 5.65 Å². The van der Waals surface area contributed by atoms with Gasteiger partial charge in [0, 0.05) is 17.8 Å². The molecular weight excluding hydrogens is 236 g/mol. The summed E-state index contributed by atoms with van der Waals surface area (Å²) in [6, 6.07) is 2.39. The predicted molar refractivity (Wildman–Crippen MR) is 67.3 cm³/mol. The molecule has 0 saturated carbocycles. The number of nitrogens with one attached hydrogen (secondary N) is 1. The van der Waals surface area contributed by atoms with Gasteiger partial charge in [-0.25, -0.2) is 9.50 Å². The monoisotopic (exact) mass is 250 g/mol. The van der Waals surface area contributed by atoms with E-state index in [4.69, 9.17) is 11.6 Å². The maximum Gasteiger partial charge on any atom is 0.157 e. The molecule has 3 heterocycles. The number of piperidine rings is 1. The van der Waals surface area contributed by atoms with Crippen LogP contribution in [0.4, 0.5) is 0 Å². The number of fused-ring (bicyclic) bond motifs is 1. The highest BCUT2D eigenvalue weighted by atomic mass is 35.5. The highest BCUT2D eigenvalue weighted by Crippen LogP contribution is 2.23. The van der Waals surface area contributed by atoms with E-state index in [1.165, 1.54) is 12.8 Å². The summed E-state index contributed by atoms with van der Waals surface area (Å²) in [6.45, 7) is 3.01. The van der Waals surface area contributed by atoms with Crippen molar-refractivity contribution in [2.75, 3.05) is 6.54 Å². The Balaban J connectivity index is 2.00. The second kappa shape index (κ2) is 4.27. The third-order valence-corrected chi connectivity index (χ3v) is 3.64. The maximum absolute atomic E-state index is 6.01. The highest BCUT2D eigenvalue weighted by molar-refractivity contribution is 6.30. The summed E-state index contributed by atoms with van der Waals surface area (Å²) in [7, 11) is 0. The molecule has 0 bridgehead atoms. The Morgan fingerprint density at radius 3 is 3.12 bits per heavy atom. The van der Waals surface area contributed by atoms with Gasteiger partial charge >= 0.3 is 0 Å². The number of halogens is 1. The van der Waals surface area contributed by atoms with Crippen molar-refractivity contribution in [2.45, 2.75) is 32.2 Å². The van der Waals surface area contributed by atoms with E-state index in [1.54, 1.807) is 0 Å². The van der Waals surface area contributed by atoms with Crippen molar-refractivity contribution in [3.63, 3.8) is 0 Å². The average molecular weight is 251 g/mol. The third-order valence-electron chi connectivity index (χ3n) is 3.26. The fourth-order valence-corrected chi connectivity index (χ4v) is 2.42. The molecule has 17 heavy (non-hydrogen) atoms. The highest BCUT2D eigenvalue weighted by Gasteiger charge is 2.18. The summed E-state index contributed by atoms with van der Waals surface area (Å²) in [5.74, 6) is 0. The van der Waals surface area contributed by atoms with Crippen molar-refractivity contribution in [2.24, 2.45) is 0 Å². The number of nitrogens with zero attached hydrogens (tertiary/aromatic N) is 3. The first-order chi connectivity index (χ1) is 8.24. The molecule has 1 atom stereocenters. The first kappa shape index (κ1) is 11.0. The van der Waals surface area contributed by atoms with Crippen molar-refractivity contribution >= 4 is 17.2 Å². The van der Waals surface area contributed by atoms with E-state index in [2.05, 4.69) is 15.4 Å². The van der Waals surface area contributed by atoms with E-state index < -0.39 is 0 Å². The summed E-state index contributed by atoms with van der Waals surface area (Å²) in [5.41, 5.74) is 2.84. The molecule has 2 aromatic heterocycles. The summed E-state index contributed by atoms with van der Waals surface area (Å²) in [5, 5.41) is 8.62. The number of aryl methyl sites for hydroxylation is 1. The van der Waals surface area contributed by atoms with Crippen molar-refractivity contribution in [1.82, 2.24) is 19.9 Å². The minimum absolute atomic E-state index is 0.365. The molecule has 3 rings (SSSR count). The summed E-state index contributed by atoms with van der Waals surface area (Å²) < 4.78 is 1.81. The van der Waals surface area contributed by atoms with Crippen LogP contribution in [-0.4, -0.2) is 21.1 Å². The van der Waals surface area contributed by atoms with Gasteiger partial charge in [0.05, 0.1) is 11.7 Å². The van der Waals surface area contributed by atoms with Crippen LogP contribution in [0.25, 0.3) is 5.65 Å². The Morgan fingerprint density at radius 2 is 2.35 bits per heavy atom. The van der Waals surface area contributed by atoms with Gasteiger partial charge in [-0.3, -0.25) is 0 Å². The predicted octanol–water partition coefficient (Wildman–Crippen LogP) is 2.51. The lowest BCUT2D eigenvalue weighted by Crippen LogP contribution is -2.27. The van der Waals surface area contributed by atoms with Crippen LogP contribution in [0.3, 0.4) is 0 Å². The molecule has 1 aliphatic rings.